The molecule has 0 saturated heterocycles. The van der Waals surface area contributed by atoms with Gasteiger partial charge >= 0.3 is 0 Å². The van der Waals surface area contributed by atoms with Crippen LogP contribution in [-0.2, 0) is 4.79 Å². The van der Waals surface area contributed by atoms with Gasteiger partial charge in [0.1, 0.15) is 6.04 Å². The van der Waals surface area contributed by atoms with Gasteiger partial charge in [-0.15, -0.1) is 0 Å². The molecule has 0 radical (unpaired) electrons. The summed E-state index contributed by atoms with van der Waals surface area (Å²) >= 11 is 3.40. The Morgan fingerprint density at radius 1 is 0.957 bits per heavy atom. The first-order valence-corrected chi connectivity index (χ1v) is 8.23. The number of rotatable bonds is 4. The molecule has 0 aliphatic heterocycles. The number of nitrogens with one attached hydrogen (secondary N) is 2. The summed E-state index contributed by atoms with van der Waals surface area (Å²) in [6, 6.07) is 21.3. The van der Waals surface area contributed by atoms with E-state index in [1.807, 2.05) is 73.7 Å². The van der Waals surface area contributed by atoms with E-state index in [9.17, 15) is 4.79 Å². The molecule has 3 nitrogen and oxygen atoms in total. The zero-order chi connectivity index (χ0) is 16.2. The van der Waals surface area contributed by atoms with Crippen molar-refractivity contribution in [2.24, 2.45) is 0 Å². The first-order valence-electron chi connectivity index (χ1n) is 7.44. The van der Waals surface area contributed by atoms with E-state index in [1.165, 1.54) is 0 Å². The molecule has 3 aromatic carbocycles. The molecule has 0 spiro atoms. The number of anilines is 2. The highest BCUT2D eigenvalue weighted by Gasteiger charge is 2.13. The molecule has 0 heterocycles. The van der Waals surface area contributed by atoms with Crippen LogP contribution in [0.4, 0.5) is 11.4 Å². The lowest BCUT2D eigenvalue weighted by molar-refractivity contribution is -0.116. The lowest BCUT2D eigenvalue weighted by Crippen LogP contribution is -2.31. The molecule has 23 heavy (non-hydrogen) atoms. The van der Waals surface area contributed by atoms with Crippen LogP contribution < -0.4 is 10.6 Å². The van der Waals surface area contributed by atoms with Gasteiger partial charge in [0.15, 0.2) is 0 Å². The predicted octanol–water partition coefficient (Wildman–Crippen LogP) is 5.04. The van der Waals surface area contributed by atoms with E-state index in [0.29, 0.717) is 0 Å². The summed E-state index contributed by atoms with van der Waals surface area (Å²) in [6.07, 6.45) is 0. The van der Waals surface area contributed by atoms with Crippen LogP contribution in [0.1, 0.15) is 6.92 Å². The smallest absolute Gasteiger partial charge is 0.246 e. The van der Waals surface area contributed by atoms with E-state index in [2.05, 4.69) is 26.6 Å². The van der Waals surface area contributed by atoms with Crippen molar-refractivity contribution in [1.29, 1.82) is 0 Å². The van der Waals surface area contributed by atoms with Crippen LogP contribution in [0.25, 0.3) is 10.8 Å². The maximum Gasteiger partial charge on any atom is 0.246 e. The van der Waals surface area contributed by atoms with E-state index in [-0.39, 0.29) is 11.9 Å². The van der Waals surface area contributed by atoms with E-state index in [1.54, 1.807) is 0 Å². The van der Waals surface area contributed by atoms with Crippen LogP contribution in [0.2, 0.25) is 0 Å². The lowest BCUT2D eigenvalue weighted by Gasteiger charge is -2.16. The number of fused-ring (bicyclic) bond motifs is 1. The summed E-state index contributed by atoms with van der Waals surface area (Å²) in [6.45, 7) is 1.85. The van der Waals surface area contributed by atoms with Gasteiger partial charge in [-0.2, -0.15) is 0 Å². The van der Waals surface area contributed by atoms with E-state index < -0.39 is 0 Å². The standard InChI is InChI=1S/C19H17BrN2O/c1-13(21-16-11-9-15(20)10-12-16)19(23)22-18-8-4-6-14-5-2-3-7-17(14)18/h2-13,21H,1H3,(H,22,23)/t13-/m0/s1. The Bertz CT molecular complexity index is 825. The van der Waals surface area contributed by atoms with Crippen LogP contribution in [0.3, 0.4) is 0 Å². The molecule has 4 heteroatoms. The first-order chi connectivity index (χ1) is 11.1. The van der Waals surface area contributed by atoms with Gasteiger partial charge in [0, 0.05) is 21.2 Å². The second-order valence-electron chi connectivity index (χ2n) is 5.39. The molecule has 0 fully saturated rings. The number of carbonyl (C=O) groups is 1. The monoisotopic (exact) mass is 368 g/mol. The Morgan fingerprint density at radius 2 is 1.65 bits per heavy atom. The van der Waals surface area contributed by atoms with Crippen LogP contribution in [-0.4, -0.2) is 11.9 Å². The number of hydrogen-bond acceptors (Lipinski definition) is 2. The van der Waals surface area contributed by atoms with Crippen molar-refractivity contribution in [2.45, 2.75) is 13.0 Å². The quantitative estimate of drug-likeness (QED) is 0.676. The minimum Gasteiger partial charge on any atom is -0.374 e. The molecule has 0 aliphatic rings. The Kier molecular flexibility index (Phi) is 4.63. The Morgan fingerprint density at radius 3 is 2.43 bits per heavy atom. The zero-order valence-corrected chi connectivity index (χ0v) is 14.3. The largest absolute Gasteiger partial charge is 0.374 e. The van der Waals surface area contributed by atoms with Gasteiger partial charge < -0.3 is 10.6 Å². The average molecular weight is 369 g/mol. The Balaban J connectivity index is 1.74. The molecule has 0 aromatic heterocycles. The molecule has 3 aromatic rings. The van der Waals surface area contributed by atoms with Crippen molar-refractivity contribution in [3.8, 4) is 0 Å². The van der Waals surface area contributed by atoms with Crippen molar-refractivity contribution in [1.82, 2.24) is 0 Å². The fraction of sp³-hybridized carbons (Fsp3) is 0.105. The van der Waals surface area contributed by atoms with Gasteiger partial charge in [-0.05, 0) is 42.6 Å². The molecule has 116 valence electrons. The fourth-order valence-electron chi connectivity index (χ4n) is 2.44. The number of hydrogen-bond donors (Lipinski definition) is 2. The van der Waals surface area contributed by atoms with E-state index in [0.717, 1.165) is 26.6 Å². The summed E-state index contributed by atoms with van der Waals surface area (Å²) in [7, 11) is 0. The maximum absolute atomic E-state index is 12.4. The van der Waals surface area contributed by atoms with Crippen molar-refractivity contribution in [2.75, 3.05) is 10.6 Å². The zero-order valence-electron chi connectivity index (χ0n) is 12.7. The number of benzene rings is 3. The maximum atomic E-state index is 12.4. The second kappa shape index (κ2) is 6.84. The molecule has 2 N–H and O–H groups in total. The van der Waals surface area contributed by atoms with Gasteiger partial charge in [0.2, 0.25) is 5.91 Å². The predicted molar refractivity (Wildman–Crippen MR) is 99.8 cm³/mol. The molecule has 1 amide bonds. The van der Waals surface area contributed by atoms with Gasteiger partial charge in [-0.1, -0.05) is 52.3 Å². The number of carbonyl (C=O) groups excluding carboxylic acids is 1. The topological polar surface area (TPSA) is 41.1 Å². The molecule has 0 saturated carbocycles. The third-order valence-electron chi connectivity index (χ3n) is 3.67. The van der Waals surface area contributed by atoms with Crippen molar-refractivity contribution in [3.63, 3.8) is 0 Å². The second-order valence-corrected chi connectivity index (χ2v) is 6.30. The average Bonchev–Trinajstić information content (AvgIpc) is 2.57. The molecule has 0 bridgehead atoms. The van der Waals surface area contributed by atoms with Crippen molar-refractivity contribution < 1.29 is 4.79 Å². The summed E-state index contributed by atoms with van der Waals surface area (Å²) in [5.74, 6) is -0.0655. The third kappa shape index (κ3) is 3.71. The van der Waals surface area contributed by atoms with Gasteiger partial charge in [0.05, 0.1) is 0 Å². The van der Waals surface area contributed by atoms with Crippen LogP contribution in [0.15, 0.2) is 71.2 Å². The van der Waals surface area contributed by atoms with Crippen molar-refractivity contribution >= 4 is 44.0 Å². The normalized spacial score (nSPS) is 11.9. The summed E-state index contributed by atoms with van der Waals surface area (Å²) in [4.78, 5) is 12.4. The van der Waals surface area contributed by atoms with Crippen LogP contribution in [0, 0.1) is 0 Å². The van der Waals surface area contributed by atoms with Crippen LogP contribution in [0.5, 0.6) is 0 Å². The van der Waals surface area contributed by atoms with Crippen molar-refractivity contribution in [3.05, 3.63) is 71.2 Å². The van der Waals surface area contributed by atoms with Gasteiger partial charge in [0.25, 0.3) is 0 Å². The van der Waals surface area contributed by atoms with Gasteiger partial charge in [-0.25, -0.2) is 0 Å². The summed E-state index contributed by atoms with van der Waals surface area (Å²) in [5.41, 5.74) is 1.74. The molecule has 0 unspecified atom stereocenters. The summed E-state index contributed by atoms with van der Waals surface area (Å²) < 4.78 is 1.01. The fourth-order valence-corrected chi connectivity index (χ4v) is 2.70. The number of halogens is 1. The third-order valence-corrected chi connectivity index (χ3v) is 4.20. The van der Waals surface area contributed by atoms with E-state index >= 15 is 0 Å². The van der Waals surface area contributed by atoms with E-state index in [4.69, 9.17) is 0 Å². The Hall–Kier alpha value is -2.33. The highest BCUT2D eigenvalue weighted by Crippen LogP contribution is 2.23. The SMILES string of the molecule is C[C@H](Nc1ccc(Br)cc1)C(=O)Nc1cccc2ccccc12. The molecule has 3 rings (SSSR count). The molecule has 0 aliphatic carbocycles. The molecular weight excluding hydrogens is 352 g/mol. The first kappa shape index (κ1) is 15.6. The van der Waals surface area contributed by atoms with Crippen LogP contribution >= 0.6 is 15.9 Å². The molecular formula is C19H17BrN2O. The Labute approximate surface area is 143 Å². The van der Waals surface area contributed by atoms with Gasteiger partial charge in [-0.3, -0.25) is 4.79 Å². The summed E-state index contributed by atoms with van der Waals surface area (Å²) in [5, 5.41) is 8.36. The highest BCUT2D eigenvalue weighted by atomic mass is 79.9. The minimum atomic E-state index is -0.338. The molecule has 1 atom stereocenters. The highest BCUT2D eigenvalue weighted by molar-refractivity contribution is 9.10. The number of amides is 1. The minimum absolute atomic E-state index is 0.0655. The lowest BCUT2D eigenvalue weighted by atomic mass is 10.1.